The molecule has 0 bridgehead atoms. The molecule has 94 valence electrons. The van der Waals surface area contributed by atoms with Crippen molar-refractivity contribution in [2.75, 3.05) is 7.11 Å². The zero-order chi connectivity index (χ0) is 13.1. The van der Waals surface area contributed by atoms with Crippen LogP contribution in [0.4, 0.5) is 13.2 Å². The van der Waals surface area contributed by atoms with Gasteiger partial charge in [-0.2, -0.15) is 13.2 Å². The largest absolute Gasteiger partial charge is 0.468 e. The Morgan fingerprint density at radius 3 is 2.24 bits per heavy atom. The second kappa shape index (κ2) is 5.18. The van der Waals surface area contributed by atoms with Crippen LogP contribution in [0, 0.1) is 0 Å². The van der Waals surface area contributed by atoms with E-state index in [1.54, 1.807) is 6.07 Å². The fourth-order valence-electron chi connectivity index (χ4n) is 1.47. The second-order valence-electron chi connectivity index (χ2n) is 3.48. The number of ether oxygens (including phenoxy) is 1. The van der Waals surface area contributed by atoms with Crippen molar-refractivity contribution in [2.45, 2.75) is 18.1 Å². The van der Waals surface area contributed by atoms with E-state index in [1.807, 2.05) is 0 Å². The Hall–Kier alpha value is -1.56. The van der Waals surface area contributed by atoms with Gasteiger partial charge in [-0.05, 0) is 5.56 Å². The summed E-state index contributed by atoms with van der Waals surface area (Å²) < 4.78 is 42.0. The third-order valence-corrected chi connectivity index (χ3v) is 2.35. The molecule has 3 nitrogen and oxygen atoms in total. The zero-order valence-electron chi connectivity index (χ0n) is 9.07. The number of alkyl halides is 3. The van der Waals surface area contributed by atoms with E-state index in [2.05, 4.69) is 4.74 Å². The molecule has 0 radical (unpaired) electrons. The highest BCUT2D eigenvalue weighted by atomic mass is 19.4. The third-order valence-electron chi connectivity index (χ3n) is 2.35. The normalized spacial score (nSPS) is 15.1. The monoisotopic (exact) mass is 247 g/mol. The zero-order valence-corrected chi connectivity index (χ0v) is 9.07. The maximum Gasteiger partial charge on any atom is 0.404 e. The highest BCUT2D eigenvalue weighted by molar-refractivity contribution is 5.79. The fraction of sp³-hybridized carbons (Fsp3) is 0.364. The van der Waals surface area contributed by atoms with E-state index in [9.17, 15) is 18.0 Å². The highest BCUT2D eigenvalue weighted by Crippen LogP contribution is 2.31. The number of esters is 1. The number of benzene rings is 1. The van der Waals surface area contributed by atoms with Gasteiger partial charge in [0.25, 0.3) is 0 Å². The Morgan fingerprint density at radius 2 is 1.82 bits per heavy atom. The Labute approximate surface area is 96.4 Å². The van der Waals surface area contributed by atoms with Crippen molar-refractivity contribution < 1.29 is 22.7 Å². The molecule has 0 aliphatic rings. The van der Waals surface area contributed by atoms with Crippen molar-refractivity contribution in [3.63, 3.8) is 0 Å². The molecule has 2 N–H and O–H groups in total. The number of rotatable bonds is 3. The summed E-state index contributed by atoms with van der Waals surface area (Å²) in [5, 5.41) is 0. The van der Waals surface area contributed by atoms with E-state index in [0.717, 1.165) is 7.11 Å². The number of carbonyl (C=O) groups excluding carboxylic acids is 1. The minimum absolute atomic E-state index is 0.184. The molecule has 0 spiro atoms. The SMILES string of the molecule is COC(=O)[C@H](c1ccccc1)[C@@H](N)C(F)(F)F. The smallest absolute Gasteiger partial charge is 0.404 e. The number of methoxy groups -OCH3 is 1. The first-order chi connectivity index (χ1) is 7.88. The van der Waals surface area contributed by atoms with Gasteiger partial charge in [-0.1, -0.05) is 30.3 Å². The highest BCUT2D eigenvalue weighted by Gasteiger charge is 2.46. The number of nitrogens with two attached hydrogens (primary N) is 1. The third kappa shape index (κ3) is 3.20. The van der Waals surface area contributed by atoms with Gasteiger partial charge in [0.2, 0.25) is 0 Å². The molecule has 0 fully saturated rings. The molecule has 0 aliphatic heterocycles. The van der Waals surface area contributed by atoms with Gasteiger partial charge in [-0.15, -0.1) is 0 Å². The van der Waals surface area contributed by atoms with Crippen molar-refractivity contribution in [1.82, 2.24) is 0 Å². The van der Waals surface area contributed by atoms with Gasteiger partial charge >= 0.3 is 12.1 Å². The molecular formula is C11H12F3NO2. The predicted octanol–water partition coefficient (Wildman–Crippen LogP) is 1.83. The molecule has 17 heavy (non-hydrogen) atoms. The lowest BCUT2D eigenvalue weighted by Crippen LogP contribution is -2.45. The fourth-order valence-corrected chi connectivity index (χ4v) is 1.47. The van der Waals surface area contributed by atoms with E-state index in [0.29, 0.717) is 0 Å². The van der Waals surface area contributed by atoms with Gasteiger partial charge in [-0.25, -0.2) is 0 Å². The van der Waals surface area contributed by atoms with Crippen molar-refractivity contribution in [1.29, 1.82) is 0 Å². The first kappa shape index (κ1) is 13.5. The minimum atomic E-state index is -4.66. The maximum atomic E-state index is 12.5. The van der Waals surface area contributed by atoms with Crippen LogP contribution in [0.25, 0.3) is 0 Å². The molecule has 0 aromatic heterocycles. The van der Waals surface area contributed by atoms with E-state index in [4.69, 9.17) is 5.73 Å². The quantitative estimate of drug-likeness (QED) is 0.829. The van der Waals surface area contributed by atoms with E-state index in [1.165, 1.54) is 24.3 Å². The Kier molecular flexibility index (Phi) is 4.11. The van der Waals surface area contributed by atoms with Crippen molar-refractivity contribution >= 4 is 5.97 Å². The van der Waals surface area contributed by atoms with Crippen LogP contribution in [0.1, 0.15) is 11.5 Å². The Balaban J connectivity index is 3.10. The van der Waals surface area contributed by atoms with Gasteiger partial charge in [0.05, 0.1) is 7.11 Å². The first-order valence-corrected chi connectivity index (χ1v) is 4.83. The maximum absolute atomic E-state index is 12.5. The molecule has 1 aromatic rings. The summed E-state index contributed by atoms with van der Waals surface area (Å²) in [5.41, 5.74) is 5.26. The summed E-state index contributed by atoms with van der Waals surface area (Å²) in [5.74, 6) is -2.54. The van der Waals surface area contributed by atoms with Crippen LogP contribution < -0.4 is 5.73 Å². The summed E-state index contributed by atoms with van der Waals surface area (Å²) >= 11 is 0. The van der Waals surface area contributed by atoms with Gasteiger partial charge < -0.3 is 10.5 Å². The summed E-state index contributed by atoms with van der Waals surface area (Å²) in [6.07, 6.45) is -4.66. The molecule has 0 amide bonds. The second-order valence-corrected chi connectivity index (χ2v) is 3.48. The molecule has 0 aliphatic carbocycles. The Bertz CT molecular complexity index is 378. The predicted molar refractivity (Wildman–Crippen MR) is 55.2 cm³/mol. The van der Waals surface area contributed by atoms with Crippen molar-refractivity contribution in [3.8, 4) is 0 Å². The molecule has 6 heteroatoms. The molecule has 0 unspecified atom stereocenters. The number of hydrogen-bond donors (Lipinski definition) is 1. The number of hydrogen-bond acceptors (Lipinski definition) is 3. The van der Waals surface area contributed by atoms with Crippen LogP contribution in [-0.4, -0.2) is 25.3 Å². The number of carbonyl (C=O) groups is 1. The number of halogens is 3. The average Bonchev–Trinajstić information content (AvgIpc) is 2.29. The summed E-state index contributed by atoms with van der Waals surface area (Å²) in [6.45, 7) is 0. The van der Waals surface area contributed by atoms with Crippen LogP contribution >= 0.6 is 0 Å². The van der Waals surface area contributed by atoms with Gasteiger partial charge in [0, 0.05) is 0 Å². The summed E-state index contributed by atoms with van der Waals surface area (Å²) in [4.78, 5) is 11.4. The molecule has 0 saturated carbocycles. The van der Waals surface area contributed by atoms with Crippen LogP contribution in [0.2, 0.25) is 0 Å². The minimum Gasteiger partial charge on any atom is -0.468 e. The lowest BCUT2D eigenvalue weighted by atomic mass is 9.91. The van der Waals surface area contributed by atoms with Crippen molar-refractivity contribution in [2.24, 2.45) is 5.73 Å². The van der Waals surface area contributed by atoms with Crippen LogP contribution in [0.5, 0.6) is 0 Å². The molecule has 0 saturated heterocycles. The summed E-state index contributed by atoms with van der Waals surface area (Å²) in [6, 6.07) is 5.25. The molecule has 1 aromatic carbocycles. The van der Waals surface area contributed by atoms with Crippen molar-refractivity contribution in [3.05, 3.63) is 35.9 Å². The van der Waals surface area contributed by atoms with Crippen LogP contribution in [-0.2, 0) is 9.53 Å². The van der Waals surface area contributed by atoms with E-state index in [-0.39, 0.29) is 5.56 Å². The lowest BCUT2D eigenvalue weighted by molar-refractivity contribution is -0.167. The molecule has 2 atom stereocenters. The van der Waals surface area contributed by atoms with E-state index < -0.39 is 24.1 Å². The topological polar surface area (TPSA) is 52.3 Å². The molecule has 0 heterocycles. The molecular weight excluding hydrogens is 235 g/mol. The van der Waals surface area contributed by atoms with Crippen LogP contribution in [0.15, 0.2) is 30.3 Å². The summed E-state index contributed by atoms with van der Waals surface area (Å²) in [7, 11) is 1.03. The van der Waals surface area contributed by atoms with Gasteiger partial charge in [0.1, 0.15) is 12.0 Å². The molecule has 1 rings (SSSR count). The van der Waals surface area contributed by atoms with Gasteiger partial charge in [-0.3, -0.25) is 4.79 Å². The average molecular weight is 247 g/mol. The standard InChI is InChI=1S/C11H12F3NO2/c1-17-10(16)8(9(15)11(12,13)14)7-5-3-2-4-6-7/h2-6,8-9H,15H2,1H3/t8-,9-/m1/s1. The first-order valence-electron chi connectivity index (χ1n) is 4.83. The van der Waals surface area contributed by atoms with Gasteiger partial charge in [0.15, 0.2) is 0 Å². The van der Waals surface area contributed by atoms with Crippen LogP contribution in [0.3, 0.4) is 0 Å². The Morgan fingerprint density at radius 1 is 1.29 bits per heavy atom. The van der Waals surface area contributed by atoms with E-state index >= 15 is 0 Å². The lowest BCUT2D eigenvalue weighted by Gasteiger charge is -2.24.